The summed E-state index contributed by atoms with van der Waals surface area (Å²) in [5, 5.41) is 23.1. The molecule has 3 N–H and O–H groups in total. The lowest BCUT2D eigenvalue weighted by atomic mass is 9.86. The fourth-order valence-corrected chi connectivity index (χ4v) is 5.61. The first kappa shape index (κ1) is 26.0. The van der Waals surface area contributed by atoms with Gasteiger partial charge in [-0.15, -0.1) is 0 Å². The Morgan fingerprint density at radius 1 is 1.16 bits per heavy atom. The van der Waals surface area contributed by atoms with E-state index in [9.17, 15) is 19.8 Å². The van der Waals surface area contributed by atoms with Gasteiger partial charge in [0.15, 0.2) is 0 Å². The number of rotatable bonds is 5. The van der Waals surface area contributed by atoms with Gasteiger partial charge in [-0.3, -0.25) is 9.69 Å². The van der Waals surface area contributed by atoms with Gasteiger partial charge in [-0.25, -0.2) is 9.78 Å². The first-order chi connectivity index (χ1) is 18.3. The highest BCUT2D eigenvalue weighted by Crippen LogP contribution is 2.38. The van der Waals surface area contributed by atoms with Crippen LogP contribution in [0, 0.1) is 0 Å². The first-order valence-electron chi connectivity index (χ1n) is 12.1. The number of benzene rings is 2. The Hall–Kier alpha value is -3.60. The molecular formula is C26H26Cl2N6O4. The van der Waals surface area contributed by atoms with Crippen molar-refractivity contribution in [3.05, 3.63) is 69.3 Å². The third-order valence-electron chi connectivity index (χ3n) is 6.94. The summed E-state index contributed by atoms with van der Waals surface area (Å²) < 4.78 is 0. The molecule has 12 heteroatoms. The molecule has 5 rings (SSSR count). The van der Waals surface area contributed by atoms with E-state index in [1.165, 1.54) is 16.0 Å². The van der Waals surface area contributed by atoms with Crippen LogP contribution in [0.1, 0.15) is 40.2 Å². The van der Waals surface area contributed by atoms with E-state index in [4.69, 9.17) is 23.2 Å². The molecule has 0 radical (unpaired) electrons. The number of fused-ring (bicyclic) bond motifs is 1. The highest BCUT2D eigenvalue weighted by Gasteiger charge is 2.33. The Kier molecular flexibility index (Phi) is 7.29. The molecule has 0 unspecified atom stereocenters. The summed E-state index contributed by atoms with van der Waals surface area (Å²) >= 11 is 12.7. The molecule has 38 heavy (non-hydrogen) atoms. The zero-order valence-electron chi connectivity index (χ0n) is 20.6. The number of amides is 2. The number of carbonyl (C=O) groups excluding carboxylic acids is 1. The lowest BCUT2D eigenvalue weighted by Gasteiger charge is -2.35. The smallest absolute Gasteiger partial charge is 0.407 e. The van der Waals surface area contributed by atoms with Gasteiger partial charge in [0.2, 0.25) is 5.95 Å². The molecule has 2 aliphatic rings. The minimum Gasteiger partial charge on any atom is -0.465 e. The number of aliphatic hydroxyl groups is 1. The zero-order chi connectivity index (χ0) is 27.0. The summed E-state index contributed by atoms with van der Waals surface area (Å²) in [6.07, 6.45) is 1.98. The molecule has 2 amide bonds. The minimum atomic E-state index is -0.900. The number of hydrogen-bond acceptors (Lipinski definition) is 7. The molecule has 2 aliphatic heterocycles. The number of piperidine rings is 1. The Balaban J connectivity index is 1.35. The molecule has 0 saturated carbocycles. The van der Waals surface area contributed by atoms with Gasteiger partial charge in [0, 0.05) is 32.0 Å². The fourth-order valence-electron chi connectivity index (χ4n) is 5.01. The van der Waals surface area contributed by atoms with Gasteiger partial charge >= 0.3 is 6.09 Å². The number of carboxylic acid groups (broad SMARTS) is 1. The monoisotopic (exact) mass is 556 g/mol. The maximum absolute atomic E-state index is 13.3. The lowest BCUT2D eigenvalue weighted by molar-refractivity contribution is 0.0981. The highest BCUT2D eigenvalue weighted by atomic mass is 35.5. The molecule has 2 aromatic carbocycles. The second-order valence-corrected chi connectivity index (χ2v) is 10.1. The Morgan fingerprint density at radius 2 is 1.87 bits per heavy atom. The van der Waals surface area contributed by atoms with Crippen LogP contribution in [0.4, 0.5) is 27.9 Å². The van der Waals surface area contributed by atoms with Gasteiger partial charge in [0.1, 0.15) is 11.4 Å². The van der Waals surface area contributed by atoms with E-state index >= 15 is 0 Å². The van der Waals surface area contributed by atoms with Gasteiger partial charge < -0.3 is 25.3 Å². The van der Waals surface area contributed by atoms with Crippen molar-refractivity contribution >= 4 is 58.3 Å². The number of para-hydroxylation sites is 1. The van der Waals surface area contributed by atoms with E-state index in [0.29, 0.717) is 64.7 Å². The SMILES string of the molecule is CN1CN(c2c(Cl)cccc2Cl)C(=O)c2cnc(Nc3ccc(C4CCN(C(=O)O)CC4)c(CO)c3)nc21. The number of halogens is 2. The summed E-state index contributed by atoms with van der Waals surface area (Å²) in [5.74, 6) is 0.645. The van der Waals surface area contributed by atoms with Crippen LogP contribution < -0.4 is 15.1 Å². The van der Waals surface area contributed by atoms with Crippen LogP contribution in [0.3, 0.4) is 0 Å². The largest absolute Gasteiger partial charge is 0.465 e. The zero-order valence-corrected chi connectivity index (χ0v) is 22.1. The normalized spacial score (nSPS) is 16.0. The summed E-state index contributed by atoms with van der Waals surface area (Å²) in [6, 6.07) is 10.8. The van der Waals surface area contributed by atoms with Crippen LogP contribution >= 0.6 is 23.2 Å². The summed E-state index contributed by atoms with van der Waals surface area (Å²) in [5.41, 5.74) is 3.22. The van der Waals surface area contributed by atoms with Crippen molar-refractivity contribution in [3.8, 4) is 0 Å². The number of nitrogens with zero attached hydrogens (tertiary/aromatic N) is 5. The molecule has 0 atom stereocenters. The van der Waals surface area contributed by atoms with E-state index in [1.54, 1.807) is 18.2 Å². The van der Waals surface area contributed by atoms with Crippen molar-refractivity contribution in [1.82, 2.24) is 14.9 Å². The van der Waals surface area contributed by atoms with Crippen molar-refractivity contribution in [1.29, 1.82) is 0 Å². The maximum atomic E-state index is 13.3. The van der Waals surface area contributed by atoms with E-state index in [2.05, 4.69) is 15.3 Å². The van der Waals surface area contributed by atoms with Gasteiger partial charge in [0.25, 0.3) is 5.91 Å². The summed E-state index contributed by atoms with van der Waals surface area (Å²) in [4.78, 5) is 38.1. The van der Waals surface area contributed by atoms with Crippen molar-refractivity contribution in [3.63, 3.8) is 0 Å². The van der Waals surface area contributed by atoms with Crippen molar-refractivity contribution in [2.24, 2.45) is 0 Å². The third-order valence-corrected chi connectivity index (χ3v) is 7.55. The van der Waals surface area contributed by atoms with E-state index in [1.807, 2.05) is 30.1 Å². The Bertz CT molecular complexity index is 1380. The number of carbonyl (C=O) groups is 2. The number of aliphatic hydroxyl groups excluding tert-OH is 1. The van der Waals surface area contributed by atoms with Crippen LogP contribution in [0.15, 0.2) is 42.6 Å². The van der Waals surface area contributed by atoms with Crippen LogP contribution in [0.25, 0.3) is 0 Å². The van der Waals surface area contributed by atoms with Crippen molar-refractivity contribution in [2.45, 2.75) is 25.4 Å². The van der Waals surface area contributed by atoms with Crippen molar-refractivity contribution < 1.29 is 19.8 Å². The van der Waals surface area contributed by atoms with Crippen LogP contribution in [-0.4, -0.2) is 63.9 Å². The number of aromatic nitrogens is 2. The molecule has 198 valence electrons. The van der Waals surface area contributed by atoms with Crippen molar-refractivity contribution in [2.75, 3.05) is 41.9 Å². The standard InChI is InChI=1S/C26H26Cl2N6O4/c1-32-14-34(22-20(27)3-2-4-21(22)28)24(36)19-12-29-25(31-23(19)32)30-17-5-6-18(16(11-17)13-35)15-7-9-33(10-8-15)26(37)38/h2-6,11-12,15,35H,7-10,13-14H2,1H3,(H,37,38)(H,29,30,31). The lowest BCUT2D eigenvalue weighted by Crippen LogP contribution is -2.46. The average molecular weight is 557 g/mol. The van der Waals surface area contributed by atoms with Gasteiger partial charge in [-0.05, 0) is 54.2 Å². The molecule has 0 aliphatic carbocycles. The van der Waals surface area contributed by atoms with Crippen LogP contribution in [-0.2, 0) is 6.61 Å². The molecule has 1 aromatic heterocycles. The molecule has 0 bridgehead atoms. The molecule has 10 nitrogen and oxygen atoms in total. The number of likely N-dealkylation sites (tertiary alicyclic amines) is 1. The summed E-state index contributed by atoms with van der Waals surface area (Å²) in [7, 11) is 1.81. The van der Waals surface area contributed by atoms with Crippen LogP contribution in [0.2, 0.25) is 10.0 Å². The molecule has 3 aromatic rings. The van der Waals surface area contributed by atoms with E-state index in [-0.39, 0.29) is 25.1 Å². The fraction of sp³-hybridized carbons (Fsp3) is 0.308. The molecule has 1 saturated heterocycles. The number of anilines is 4. The quantitative estimate of drug-likeness (QED) is 0.404. The molecular weight excluding hydrogens is 531 g/mol. The van der Waals surface area contributed by atoms with Gasteiger partial charge in [-0.2, -0.15) is 4.98 Å². The number of hydrogen-bond donors (Lipinski definition) is 3. The van der Waals surface area contributed by atoms with Crippen LogP contribution in [0.5, 0.6) is 0 Å². The predicted octanol–water partition coefficient (Wildman–Crippen LogP) is 4.93. The average Bonchev–Trinajstić information content (AvgIpc) is 2.91. The topological polar surface area (TPSA) is 122 Å². The first-order valence-corrected chi connectivity index (χ1v) is 12.8. The second-order valence-electron chi connectivity index (χ2n) is 9.31. The molecule has 3 heterocycles. The predicted molar refractivity (Wildman–Crippen MR) is 146 cm³/mol. The van der Waals surface area contributed by atoms with Gasteiger partial charge in [-0.1, -0.05) is 35.3 Å². The maximum Gasteiger partial charge on any atom is 0.407 e. The van der Waals surface area contributed by atoms with E-state index in [0.717, 1.165) is 11.1 Å². The van der Waals surface area contributed by atoms with Gasteiger partial charge in [0.05, 0.1) is 29.0 Å². The molecule has 1 fully saturated rings. The second kappa shape index (κ2) is 10.6. The highest BCUT2D eigenvalue weighted by molar-refractivity contribution is 6.40. The minimum absolute atomic E-state index is 0.146. The Morgan fingerprint density at radius 3 is 2.53 bits per heavy atom. The van der Waals surface area contributed by atoms with E-state index < -0.39 is 6.09 Å². The molecule has 0 spiro atoms. The number of nitrogens with one attached hydrogen (secondary N) is 1. The Labute approximate surface area is 229 Å². The summed E-state index contributed by atoms with van der Waals surface area (Å²) in [6.45, 7) is 1.00. The third kappa shape index (κ3) is 4.94.